The highest BCUT2D eigenvalue weighted by Crippen LogP contribution is 2.41. The summed E-state index contributed by atoms with van der Waals surface area (Å²) in [6.45, 7) is 6.72. The van der Waals surface area contributed by atoms with Gasteiger partial charge in [-0.2, -0.15) is 0 Å². The summed E-state index contributed by atoms with van der Waals surface area (Å²) in [7, 11) is 2.13. The van der Waals surface area contributed by atoms with Crippen molar-refractivity contribution in [3.8, 4) is 0 Å². The molecule has 1 aromatic heterocycles. The largest absolute Gasteiger partial charge is 0.477 e. The van der Waals surface area contributed by atoms with Crippen molar-refractivity contribution in [2.45, 2.75) is 18.4 Å². The number of likely N-dealkylation sites (N-methyl/N-ethyl adjacent to an activating group) is 1. The van der Waals surface area contributed by atoms with Crippen LogP contribution < -0.4 is 10.3 Å². The number of carbonyl (C=O) groups is 1. The average molecular weight is 359 g/mol. The summed E-state index contributed by atoms with van der Waals surface area (Å²) in [5.41, 5.74) is 2.63. The minimum atomic E-state index is -1.16. The molecule has 1 N–H and O–H groups in total. The van der Waals surface area contributed by atoms with Crippen LogP contribution in [0, 0.1) is 6.92 Å². The van der Waals surface area contributed by atoms with E-state index in [9.17, 15) is 14.7 Å². The van der Waals surface area contributed by atoms with Crippen molar-refractivity contribution in [2.24, 2.45) is 0 Å². The molecular weight excluding hydrogens is 338 g/mol. The molecule has 132 valence electrons. The van der Waals surface area contributed by atoms with Crippen LogP contribution in [0.15, 0.2) is 22.0 Å². The summed E-state index contributed by atoms with van der Waals surface area (Å²) in [6, 6.07) is 1.88. The van der Waals surface area contributed by atoms with Gasteiger partial charge in [-0.25, -0.2) is 4.79 Å². The molecule has 0 radical (unpaired) electrons. The molecule has 3 heterocycles. The first-order chi connectivity index (χ1) is 12.0. The van der Waals surface area contributed by atoms with E-state index < -0.39 is 5.97 Å². The van der Waals surface area contributed by atoms with Gasteiger partial charge in [0.15, 0.2) is 0 Å². The van der Waals surface area contributed by atoms with Crippen LogP contribution in [-0.4, -0.2) is 59.5 Å². The quantitative estimate of drug-likeness (QED) is 0.883. The van der Waals surface area contributed by atoms with E-state index in [0.717, 1.165) is 54.5 Å². The minimum Gasteiger partial charge on any atom is -0.477 e. The molecular formula is C18H21N3O3S. The van der Waals surface area contributed by atoms with Crippen LogP contribution in [0.4, 0.5) is 5.69 Å². The van der Waals surface area contributed by atoms with Crippen molar-refractivity contribution in [1.82, 2.24) is 9.47 Å². The van der Waals surface area contributed by atoms with E-state index in [0.29, 0.717) is 5.39 Å². The zero-order chi connectivity index (χ0) is 17.7. The predicted molar refractivity (Wildman–Crippen MR) is 100 cm³/mol. The van der Waals surface area contributed by atoms with Crippen LogP contribution in [-0.2, 0) is 6.54 Å². The number of aromatic nitrogens is 1. The van der Waals surface area contributed by atoms with Crippen molar-refractivity contribution >= 4 is 34.3 Å². The average Bonchev–Trinajstić information content (AvgIpc) is 2.58. The zero-order valence-corrected chi connectivity index (χ0v) is 15.2. The van der Waals surface area contributed by atoms with Crippen LogP contribution in [0.2, 0.25) is 0 Å². The molecule has 2 aliphatic rings. The molecule has 1 aromatic carbocycles. The van der Waals surface area contributed by atoms with Crippen molar-refractivity contribution in [2.75, 3.05) is 43.9 Å². The number of aryl methyl sites for hydroxylation is 2. The van der Waals surface area contributed by atoms with E-state index in [2.05, 4.69) is 16.8 Å². The number of thioether (sulfide) groups is 1. The SMILES string of the molecule is Cc1cc2c(=O)c(C(=O)O)cn3c2c(c1N1CCN(C)CC1)SCC3. The highest BCUT2D eigenvalue weighted by atomic mass is 32.2. The Kier molecular flexibility index (Phi) is 4.00. The first kappa shape index (κ1) is 16.5. The smallest absolute Gasteiger partial charge is 0.341 e. The molecule has 25 heavy (non-hydrogen) atoms. The summed E-state index contributed by atoms with van der Waals surface area (Å²) in [4.78, 5) is 30.0. The molecule has 0 spiro atoms. The maximum atomic E-state index is 12.7. The number of anilines is 1. The number of rotatable bonds is 2. The Morgan fingerprint density at radius 2 is 1.92 bits per heavy atom. The summed E-state index contributed by atoms with van der Waals surface area (Å²) in [6.07, 6.45) is 1.51. The Hall–Kier alpha value is -1.99. The lowest BCUT2D eigenvalue weighted by Crippen LogP contribution is -2.45. The highest BCUT2D eigenvalue weighted by molar-refractivity contribution is 7.99. The molecule has 2 aromatic rings. The van der Waals surface area contributed by atoms with Gasteiger partial charge in [-0.1, -0.05) is 0 Å². The first-order valence-corrected chi connectivity index (χ1v) is 9.46. The molecule has 2 aliphatic heterocycles. The van der Waals surface area contributed by atoms with E-state index in [-0.39, 0.29) is 11.0 Å². The third-order valence-corrected chi connectivity index (χ3v) is 6.17. The summed E-state index contributed by atoms with van der Waals surface area (Å²) >= 11 is 1.78. The van der Waals surface area contributed by atoms with Crippen LogP contribution in [0.5, 0.6) is 0 Å². The summed E-state index contributed by atoms with van der Waals surface area (Å²) in [5, 5.41) is 9.88. The second-order valence-corrected chi connectivity index (χ2v) is 7.88. The van der Waals surface area contributed by atoms with Gasteiger partial charge < -0.3 is 19.5 Å². The molecule has 0 bridgehead atoms. The number of carboxylic acids is 1. The van der Waals surface area contributed by atoms with Crippen LogP contribution >= 0.6 is 11.8 Å². The molecule has 1 saturated heterocycles. The van der Waals surface area contributed by atoms with Gasteiger partial charge in [0.05, 0.1) is 16.1 Å². The lowest BCUT2D eigenvalue weighted by molar-refractivity contribution is 0.0695. The number of benzene rings is 1. The topological polar surface area (TPSA) is 65.8 Å². The van der Waals surface area contributed by atoms with E-state index in [4.69, 9.17) is 0 Å². The number of piperazine rings is 1. The fourth-order valence-corrected chi connectivity index (χ4v) is 5.07. The molecule has 0 atom stereocenters. The molecule has 7 heteroatoms. The Balaban J connectivity index is 1.97. The van der Waals surface area contributed by atoms with Crippen LogP contribution in [0.3, 0.4) is 0 Å². The number of hydrogen-bond donors (Lipinski definition) is 1. The number of hydrogen-bond acceptors (Lipinski definition) is 5. The normalized spacial score (nSPS) is 17.9. The fourth-order valence-electron chi connectivity index (χ4n) is 3.78. The molecule has 6 nitrogen and oxygen atoms in total. The van der Waals surface area contributed by atoms with Gasteiger partial charge in [-0.15, -0.1) is 11.8 Å². The van der Waals surface area contributed by atoms with Crippen LogP contribution in [0.1, 0.15) is 15.9 Å². The Bertz CT molecular complexity index is 930. The van der Waals surface area contributed by atoms with E-state index in [1.165, 1.54) is 11.9 Å². The highest BCUT2D eigenvalue weighted by Gasteiger charge is 2.26. The van der Waals surface area contributed by atoms with Gasteiger partial charge >= 0.3 is 5.97 Å². The van der Waals surface area contributed by atoms with Crippen molar-refractivity contribution in [1.29, 1.82) is 0 Å². The molecule has 0 saturated carbocycles. The first-order valence-electron chi connectivity index (χ1n) is 8.47. The predicted octanol–water partition coefficient (Wildman–Crippen LogP) is 1.87. The van der Waals surface area contributed by atoms with Gasteiger partial charge in [0.25, 0.3) is 0 Å². The fraction of sp³-hybridized carbons (Fsp3) is 0.444. The molecule has 0 aliphatic carbocycles. The Morgan fingerprint density at radius 1 is 1.20 bits per heavy atom. The van der Waals surface area contributed by atoms with Gasteiger partial charge in [0.2, 0.25) is 5.43 Å². The monoisotopic (exact) mass is 359 g/mol. The lowest BCUT2D eigenvalue weighted by Gasteiger charge is -2.37. The van der Waals surface area contributed by atoms with E-state index in [1.807, 2.05) is 17.6 Å². The lowest BCUT2D eigenvalue weighted by atomic mass is 10.0. The second kappa shape index (κ2) is 6.07. The van der Waals surface area contributed by atoms with Gasteiger partial charge in [0.1, 0.15) is 5.56 Å². The molecule has 1 fully saturated rings. The van der Waals surface area contributed by atoms with Crippen LogP contribution in [0.25, 0.3) is 10.9 Å². The molecule has 4 rings (SSSR count). The molecule has 0 unspecified atom stereocenters. The Morgan fingerprint density at radius 3 is 2.60 bits per heavy atom. The van der Waals surface area contributed by atoms with Crippen molar-refractivity contribution in [3.05, 3.63) is 33.6 Å². The molecule has 0 amide bonds. The maximum absolute atomic E-state index is 12.7. The summed E-state index contributed by atoms with van der Waals surface area (Å²) in [5.74, 6) is -0.273. The van der Waals surface area contributed by atoms with Crippen molar-refractivity contribution < 1.29 is 9.90 Å². The van der Waals surface area contributed by atoms with E-state index in [1.54, 1.807) is 11.8 Å². The van der Waals surface area contributed by atoms with Gasteiger partial charge in [-0.3, -0.25) is 4.79 Å². The number of pyridine rings is 1. The standard InChI is InChI=1S/C18H21N3O3S/c1-11-9-12-15-17(14(11)20-5-3-19(2)4-6-20)25-8-7-21(15)10-13(16(12)22)18(23)24/h9-10H,3-8H2,1-2H3,(H,23,24). The summed E-state index contributed by atoms with van der Waals surface area (Å²) < 4.78 is 1.95. The third kappa shape index (κ3) is 2.62. The second-order valence-electron chi connectivity index (χ2n) is 6.78. The Labute approximate surface area is 150 Å². The minimum absolute atomic E-state index is 0.142. The van der Waals surface area contributed by atoms with Crippen molar-refractivity contribution in [3.63, 3.8) is 0 Å². The number of aromatic carboxylic acids is 1. The number of carboxylic acid groups (broad SMARTS) is 1. The maximum Gasteiger partial charge on any atom is 0.341 e. The third-order valence-electron chi connectivity index (χ3n) is 5.11. The zero-order valence-electron chi connectivity index (χ0n) is 14.4. The van der Waals surface area contributed by atoms with Gasteiger partial charge in [0, 0.05) is 50.1 Å². The van der Waals surface area contributed by atoms with E-state index >= 15 is 0 Å². The number of nitrogens with zero attached hydrogens (tertiary/aromatic N) is 3. The van der Waals surface area contributed by atoms with Gasteiger partial charge in [-0.05, 0) is 25.6 Å².